The van der Waals surface area contributed by atoms with Gasteiger partial charge in [-0.2, -0.15) is 0 Å². The quantitative estimate of drug-likeness (QED) is 0.858. The van der Waals surface area contributed by atoms with Crippen molar-refractivity contribution < 1.29 is 0 Å². The summed E-state index contributed by atoms with van der Waals surface area (Å²) in [6.07, 6.45) is 5.40. The second-order valence-corrected chi connectivity index (χ2v) is 5.39. The van der Waals surface area contributed by atoms with E-state index < -0.39 is 0 Å². The highest BCUT2D eigenvalue weighted by Gasteiger charge is 2.15. The molecule has 0 aliphatic carbocycles. The minimum absolute atomic E-state index is 0.494. The molecule has 0 amide bonds. The molecule has 0 aromatic heterocycles. The molecular weight excluding hydrogens is 220 g/mol. The zero-order valence-electron chi connectivity index (χ0n) is 11.8. The van der Waals surface area contributed by atoms with Crippen molar-refractivity contribution in [2.24, 2.45) is 0 Å². The van der Waals surface area contributed by atoms with E-state index in [1.807, 2.05) is 0 Å². The van der Waals surface area contributed by atoms with Crippen LogP contribution >= 0.6 is 0 Å². The Morgan fingerprint density at radius 1 is 1.17 bits per heavy atom. The topological polar surface area (TPSA) is 15.3 Å². The normalized spacial score (nSPS) is 18.8. The fourth-order valence-electron chi connectivity index (χ4n) is 2.93. The maximum Gasteiger partial charge on any atom is 0.0332 e. The number of piperidine rings is 1. The minimum Gasteiger partial charge on any atom is -0.313 e. The molecular formula is C16H26N2. The predicted molar refractivity (Wildman–Crippen MR) is 77.9 cm³/mol. The van der Waals surface area contributed by atoms with Gasteiger partial charge in [0.15, 0.2) is 0 Å². The Hall–Kier alpha value is -0.860. The summed E-state index contributed by atoms with van der Waals surface area (Å²) in [6, 6.07) is 9.23. The summed E-state index contributed by atoms with van der Waals surface area (Å²) >= 11 is 0. The van der Waals surface area contributed by atoms with Gasteiger partial charge in [-0.25, -0.2) is 0 Å². The Bertz CT molecular complexity index is 356. The number of rotatable bonds is 5. The van der Waals surface area contributed by atoms with E-state index in [1.165, 1.54) is 56.4 Å². The molecule has 1 aromatic rings. The smallest absolute Gasteiger partial charge is 0.0332 e. The summed E-state index contributed by atoms with van der Waals surface area (Å²) in [5.74, 6) is 0. The average Bonchev–Trinajstić information content (AvgIpc) is 2.42. The number of aryl methyl sites for hydroxylation is 1. The number of nitrogens with one attached hydrogen (secondary N) is 1. The molecule has 1 N–H and O–H groups in total. The number of benzene rings is 1. The first-order valence-corrected chi connectivity index (χ1v) is 7.26. The van der Waals surface area contributed by atoms with Gasteiger partial charge < -0.3 is 10.2 Å². The van der Waals surface area contributed by atoms with E-state index in [2.05, 4.69) is 48.5 Å². The van der Waals surface area contributed by atoms with Crippen LogP contribution in [0.25, 0.3) is 0 Å². The average molecular weight is 246 g/mol. The van der Waals surface area contributed by atoms with E-state index in [9.17, 15) is 0 Å². The molecule has 2 heteroatoms. The molecule has 1 aromatic carbocycles. The molecule has 2 nitrogen and oxygen atoms in total. The van der Waals surface area contributed by atoms with Gasteiger partial charge in [0.2, 0.25) is 0 Å². The third-order valence-electron chi connectivity index (χ3n) is 4.10. The van der Waals surface area contributed by atoms with Gasteiger partial charge in [-0.15, -0.1) is 0 Å². The first kappa shape index (κ1) is 13.6. The van der Waals surface area contributed by atoms with Crippen molar-refractivity contribution in [2.45, 2.75) is 38.6 Å². The van der Waals surface area contributed by atoms with Crippen molar-refractivity contribution in [1.29, 1.82) is 0 Å². The Labute approximate surface area is 111 Å². The van der Waals surface area contributed by atoms with Crippen LogP contribution in [0.5, 0.6) is 0 Å². The van der Waals surface area contributed by atoms with Crippen molar-refractivity contribution in [3.05, 3.63) is 35.4 Å². The number of hydrogen-bond acceptors (Lipinski definition) is 2. The highest BCUT2D eigenvalue weighted by molar-refractivity contribution is 5.28. The molecule has 0 radical (unpaired) electrons. The maximum atomic E-state index is 3.47. The Balaban J connectivity index is 1.91. The first-order valence-electron chi connectivity index (χ1n) is 7.26. The largest absolute Gasteiger partial charge is 0.313 e. The molecule has 1 heterocycles. The standard InChI is InChI=1S/C16H26N2/c1-14-8-4-5-9-15(14)16(17-2)10-13-18-11-6-3-7-12-18/h4-5,8-9,16-17H,3,6-7,10-13H2,1-2H3. The van der Waals surface area contributed by atoms with Crippen LogP contribution in [-0.4, -0.2) is 31.6 Å². The lowest BCUT2D eigenvalue weighted by Gasteiger charge is -2.28. The monoisotopic (exact) mass is 246 g/mol. The van der Waals surface area contributed by atoms with Crippen LogP contribution in [0.1, 0.15) is 42.9 Å². The molecule has 1 unspecified atom stereocenters. The van der Waals surface area contributed by atoms with Crippen molar-refractivity contribution in [3.8, 4) is 0 Å². The Morgan fingerprint density at radius 3 is 2.56 bits per heavy atom. The molecule has 1 aliphatic rings. The van der Waals surface area contributed by atoms with Crippen LogP contribution in [0.3, 0.4) is 0 Å². The summed E-state index contributed by atoms with van der Waals surface area (Å²) in [4.78, 5) is 2.62. The molecule has 18 heavy (non-hydrogen) atoms. The van der Waals surface area contributed by atoms with Crippen LogP contribution < -0.4 is 5.32 Å². The van der Waals surface area contributed by atoms with E-state index in [0.29, 0.717) is 6.04 Å². The van der Waals surface area contributed by atoms with Gasteiger partial charge in [0, 0.05) is 6.04 Å². The number of nitrogens with zero attached hydrogens (tertiary/aromatic N) is 1. The van der Waals surface area contributed by atoms with E-state index in [1.54, 1.807) is 0 Å². The van der Waals surface area contributed by atoms with Gasteiger partial charge in [-0.3, -0.25) is 0 Å². The van der Waals surface area contributed by atoms with Crippen molar-refractivity contribution >= 4 is 0 Å². The SMILES string of the molecule is CNC(CCN1CCCCC1)c1ccccc1C. The lowest BCUT2D eigenvalue weighted by molar-refractivity contribution is 0.218. The lowest BCUT2D eigenvalue weighted by Crippen LogP contribution is -2.33. The highest BCUT2D eigenvalue weighted by atomic mass is 15.1. The van der Waals surface area contributed by atoms with Gasteiger partial charge in [-0.1, -0.05) is 30.7 Å². The molecule has 0 spiro atoms. The van der Waals surface area contributed by atoms with Gasteiger partial charge in [0.05, 0.1) is 0 Å². The molecule has 0 bridgehead atoms. The maximum absolute atomic E-state index is 3.47. The molecule has 2 rings (SSSR count). The molecule has 1 saturated heterocycles. The van der Waals surface area contributed by atoms with E-state index >= 15 is 0 Å². The lowest BCUT2D eigenvalue weighted by atomic mass is 9.98. The second-order valence-electron chi connectivity index (χ2n) is 5.39. The molecule has 1 atom stereocenters. The van der Waals surface area contributed by atoms with Crippen molar-refractivity contribution in [3.63, 3.8) is 0 Å². The summed E-state index contributed by atoms with van der Waals surface area (Å²) in [7, 11) is 2.08. The van der Waals surface area contributed by atoms with Gasteiger partial charge >= 0.3 is 0 Å². The fourth-order valence-corrected chi connectivity index (χ4v) is 2.93. The summed E-state index contributed by atoms with van der Waals surface area (Å²) in [5.41, 5.74) is 2.85. The molecule has 100 valence electrons. The van der Waals surface area contributed by atoms with Crippen LogP contribution in [0.2, 0.25) is 0 Å². The second kappa shape index (κ2) is 6.91. The molecule has 1 fully saturated rings. The van der Waals surface area contributed by atoms with Crippen LogP contribution in [0.4, 0.5) is 0 Å². The van der Waals surface area contributed by atoms with Gasteiger partial charge in [-0.05, 0) is 64.0 Å². The minimum atomic E-state index is 0.494. The van der Waals surface area contributed by atoms with Crippen molar-refractivity contribution in [1.82, 2.24) is 10.2 Å². The van der Waals surface area contributed by atoms with Crippen LogP contribution in [0.15, 0.2) is 24.3 Å². The number of hydrogen-bond donors (Lipinski definition) is 1. The van der Waals surface area contributed by atoms with Crippen LogP contribution in [-0.2, 0) is 0 Å². The number of likely N-dealkylation sites (tertiary alicyclic amines) is 1. The van der Waals surface area contributed by atoms with E-state index in [4.69, 9.17) is 0 Å². The third kappa shape index (κ3) is 3.56. The van der Waals surface area contributed by atoms with Crippen molar-refractivity contribution in [2.75, 3.05) is 26.7 Å². The zero-order valence-corrected chi connectivity index (χ0v) is 11.8. The molecule has 0 saturated carbocycles. The summed E-state index contributed by atoms with van der Waals surface area (Å²) in [5, 5.41) is 3.47. The predicted octanol–water partition coefficient (Wildman–Crippen LogP) is 3.13. The third-order valence-corrected chi connectivity index (χ3v) is 4.10. The highest BCUT2D eigenvalue weighted by Crippen LogP contribution is 2.21. The van der Waals surface area contributed by atoms with Crippen LogP contribution in [0, 0.1) is 6.92 Å². The van der Waals surface area contributed by atoms with E-state index in [0.717, 1.165) is 0 Å². The van der Waals surface area contributed by atoms with E-state index in [-0.39, 0.29) is 0 Å². The van der Waals surface area contributed by atoms with Gasteiger partial charge in [0.25, 0.3) is 0 Å². The molecule has 1 aliphatic heterocycles. The fraction of sp³-hybridized carbons (Fsp3) is 0.625. The Kier molecular flexibility index (Phi) is 5.21. The zero-order chi connectivity index (χ0) is 12.8. The van der Waals surface area contributed by atoms with Gasteiger partial charge in [0.1, 0.15) is 0 Å². The first-order chi connectivity index (χ1) is 8.81. The summed E-state index contributed by atoms with van der Waals surface area (Å²) < 4.78 is 0. The summed E-state index contributed by atoms with van der Waals surface area (Å²) in [6.45, 7) is 6.02. The Morgan fingerprint density at radius 2 is 1.89 bits per heavy atom.